The normalized spacial score (nSPS) is 28.9. The zero-order chi connectivity index (χ0) is 25.0. The lowest BCUT2D eigenvalue weighted by molar-refractivity contribution is -0.185. The van der Waals surface area contributed by atoms with Crippen LogP contribution >= 0.6 is 0 Å². The van der Waals surface area contributed by atoms with Crippen LogP contribution in [0.4, 0.5) is 26.3 Å². The van der Waals surface area contributed by atoms with E-state index in [1.807, 2.05) is 6.07 Å². The third kappa shape index (κ3) is 4.87. The van der Waals surface area contributed by atoms with Crippen LogP contribution in [0.1, 0.15) is 81.9 Å². The van der Waals surface area contributed by atoms with Crippen molar-refractivity contribution in [3.8, 4) is 5.75 Å². The van der Waals surface area contributed by atoms with Gasteiger partial charge in [0.1, 0.15) is 11.3 Å². The molecule has 5 rings (SSSR count). The van der Waals surface area contributed by atoms with Gasteiger partial charge < -0.3 is 4.74 Å². The van der Waals surface area contributed by atoms with Gasteiger partial charge in [-0.3, -0.25) is 4.90 Å². The van der Waals surface area contributed by atoms with E-state index in [0.29, 0.717) is 17.5 Å². The van der Waals surface area contributed by atoms with Gasteiger partial charge in [-0.25, -0.2) is 0 Å². The summed E-state index contributed by atoms with van der Waals surface area (Å²) in [4.78, 5) is 2.55. The summed E-state index contributed by atoms with van der Waals surface area (Å²) in [5, 5.41) is 0.565. The molecule has 3 fully saturated rings. The van der Waals surface area contributed by atoms with Crippen LogP contribution in [0.25, 0.3) is 10.8 Å². The van der Waals surface area contributed by atoms with Gasteiger partial charge in [-0.05, 0) is 86.8 Å². The molecule has 3 unspecified atom stereocenters. The molecular weight excluding hydrogens is 468 g/mol. The molecule has 35 heavy (non-hydrogen) atoms. The summed E-state index contributed by atoms with van der Waals surface area (Å²) in [7, 11) is 0. The van der Waals surface area contributed by atoms with Crippen LogP contribution in [0.15, 0.2) is 30.3 Å². The summed E-state index contributed by atoms with van der Waals surface area (Å²) in [6.45, 7) is 2.14. The monoisotopic (exact) mass is 499 g/mol. The van der Waals surface area contributed by atoms with Crippen molar-refractivity contribution in [1.82, 2.24) is 4.90 Å². The van der Waals surface area contributed by atoms with Gasteiger partial charge in [0.05, 0.1) is 12.0 Å². The number of alkyl halides is 6. The van der Waals surface area contributed by atoms with Crippen LogP contribution in [0.2, 0.25) is 0 Å². The third-order valence-corrected chi connectivity index (χ3v) is 8.40. The highest BCUT2D eigenvalue weighted by atomic mass is 19.4. The fraction of sp³-hybridized carbons (Fsp3) is 0.630. The molecule has 0 N–H and O–H groups in total. The van der Waals surface area contributed by atoms with Crippen LogP contribution in [-0.2, 0) is 6.18 Å². The SMILES string of the molecule is CC(c1ccc2c(C(F)(F)F)c(OC3CCC(C(F)(F)F)CC3)ccc2c1)N1C2CCCC1CC2. The predicted molar refractivity (Wildman–Crippen MR) is 122 cm³/mol. The van der Waals surface area contributed by atoms with E-state index in [4.69, 9.17) is 4.74 Å². The molecule has 2 heterocycles. The van der Waals surface area contributed by atoms with Gasteiger partial charge in [0.2, 0.25) is 0 Å². The quantitative estimate of drug-likeness (QED) is 0.392. The van der Waals surface area contributed by atoms with E-state index in [1.165, 1.54) is 44.2 Å². The van der Waals surface area contributed by atoms with E-state index < -0.39 is 29.9 Å². The number of ether oxygens (including phenoxy) is 1. The first kappa shape index (κ1) is 24.7. The van der Waals surface area contributed by atoms with E-state index in [9.17, 15) is 26.3 Å². The van der Waals surface area contributed by atoms with Crippen LogP contribution in [0, 0.1) is 5.92 Å². The largest absolute Gasteiger partial charge is 0.490 e. The van der Waals surface area contributed by atoms with Gasteiger partial charge in [-0.15, -0.1) is 0 Å². The highest BCUT2D eigenvalue weighted by Crippen LogP contribution is 2.46. The fourth-order valence-electron chi connectivity index (χ4n) is 6.63. The maximum Gasteiger partial charge on any atom is 0.420 e. The zero-order valence-corrected chi connectivity index (χ0v) is 19.8. The molecule has 0 amide bonds. The van der Waals surface area contributed by atoms with E-state index in [2.05, 4.69) is 11.8 Å². The number of benzene rings is 2. The lowest BCUT2D eigenvalue weighted by Crippen LogP contribution is -2.41. The number of halogens is 6. The number of rotatable bonds is 4. The summed E-state index contributed by atoms with van der Waals surface area (Å²) in [5.41, 5.74) is 0.161. The van der Waals surface area contributed by atoms with Crippen molar-refractivity contribution < 1.29 is 31.1 Å². The Morgan fingerprint density at radius 2 is 1.49 bits per heavy atom. The summed E-state index contributed by atoms with van der Waals surface area (Å²) in [6.07, 6.45) is -3.65. The van der Waals surface area contributed by atoms with Gasteiger partial charge in [0.25, 0.3) is 0 Å². The molecule has 192 valence electrons. The van der Waals surface area contributed by atoms with Crippen molar-refractivity contribution in [1.29, 1.82) is 0 Å². The lowest BCUT2D eigenvalue weighted by Gasteiger charge is -2.39. The molecule has 1 saturated carbocycles. The van der Waals surface area contributed by atoms with Gasteiger partial charge in [-0.2, -0.15) is 26.3 Å². The summed E-state index contributed by atoms with van der Waals surface area (Å²) in [6, 6.07) is 9.37. The Bertz CT molecular complexity index is 1040. The molecule has 2 saturated heterocycles. The van der Waals surface area contributed by atoms with E-state index in [0.717, 1.165) is 5.56 Å². The van der Waals surface area contributed by atoms with Crippen molar-refractivity contribution in [3.05, 3.63) is 41.5 Å². The van der Waals surface area contributed by atoms with E-state index >= 15 is 0 Å². The van der Waals surface area contributed by atoms with Gasteiger partial charge >= 0.3 is 12.4 Å². The minimum atomic E-state index is -4.64. The van der Waals surface area contributed by atoms with Gasteiger partial charge in [0, 0.05) is 18.1 Å². The predicted octanol–water partition coefficient (Wildman–Crippen LogP) is 8.44. The Hall–Kier alpha value is -1.96. The Labute approximate surface area is 201 Å². The molecule has 0 spiro atoms. The molecule has 8 heteroatoms. The molecule has 2 aromatic carbocycles. The fourth-order valence-corrected chi connectivity index (χ4v) is 6.63. The molecule has 2 aliphatic heterocycles. The Balaban J connectivity index is 1.40. The maximum absolute atomic E-state index is 14.2. The standard InChI is InChI=1S/C27H31F6NO/c1-16(34-20-3-2-4-21(34)10-9-20)17-5-13-23-18(15-17)6-14-24(25(23)27(31,32)33)35-22-11-7-19(8-12-22)26(28,29)30/h5-6,13-16,19-22H,2-4,7-12H2,1H3. The molecular formula is C27H31F6NO. The average molecular weight is 500 g/mol. The second kappa shape index (κ2) is 9.16. The molecule has 2 aromatic rings. The highest BCUT2D eigenvalue weighted by molar-refractivity contribution is 5.89. The minimum Gasteiger partial charge on any atom is -0.490 e. The van der Waals surface area contributed by atoms with Crippen LogP contribution < -0.4 is 4.74 Å². The first-order valence-electron chi connectivity index (χ1n) is 12.7. The Morgan fingerprint density at radius 1 is 0.829 bits per heavy atom. The Morgan fingerprint density at radius 3 is 2.09 bits per heavy atom. The summed E-state index contributed by atoms with van der Waals surface area (Å²) in [5.74, 6) is -1.70. The molecule has 3 aliphatic rings. The second-order valence-corrected chi connectivity index (χ2v) is 10.5. The molecule has 2 nitrogen and oxygen atoms in total. The minimum absolute atomic E-state index is 0.0662. The van der Waals surface area contributed by atoms with E-state index in [-0.39, 0.29) is 42.9 Å². The smallest absolute Gasteiger partial charge is 0.420 e. The number of piperidine rings is 1. The number of hydrogen-bond donors (Lipinski definition) is 0. The first-order valence-corrected chi connectivity index (χ1v) is 12.7. The van der Waals surface area contributed by atoms with Gasteiger partial charge in [-0.1, -0.05) is 24.6 Å². The molecule has 0 aromatic heterocycles. The molecule has 2 bridgehead atoms. The van der Waals surface area contributed by atoms with Crippen molar-refractivity contribution in [3.63, 3.8) is 0 Å². The van der Waals surface area contributed by atoms with Crippen molar-refractivity contribution in [2.75, 3.05) is 0 Å². The lowest BCUT2D eigenvalue weighted by atomic mass is 9.87. The number of nitrogens with zero attached hydrogens (tertiary/aromatic N) is 1. The van der Waals surface area contributed by atoms with Crippen molar-refractivity contribution in [2.45, 2.75) is 101 Å². The first-order chi connectivity index (χ1) is 16.5. The molecule has 3 atom stereocenters. The van der Waals surface area contributed by atoms with E-state index in [1.54, 1.807) is 12.1 Å². The summed E-state index contributed by atoms with van der Waals surface area (Å²) < 4.78 is 87.1. The average Bonchev–Trinajstić information content (AvgIpc) is 3.05. The summed E-state index contributed by atoms with van der Waals surface area (Å²) >= 11 is 0. The molecule has 0 radical (unpaired) electrons. The van der Waals surface area contributed by atoms with Crippen molar-refractivity contribution in [2.24, 2.45) is 5.92 Å². The van der Waals surface area contributed by atoms with Crippen LogP contribution in [0.3, 0.4) is 0 Å². The van der Waals surface area contributed by atoms with Gasteiger partial charge in [0.15, 0.2) is 0 Å². The van der Waals surface area contributed by atoms with Crippen LogP contribution in [0.5, 0.6) is 5.75 Å². The third-order valence-electron chi connectivity index (χ3n) is 8.40. The Kier molecular flexibility index (Phi) is 6.47. The topological polar surface area (TPSA) is 12.5 Å². The zero-order valence-electron chi connectivity index (χ0n) is 19.8. The number of hydrogen-bond acceptors (Lipinski definition) is 2. The second-order valence-electron chi connectivity index (χ2n) is 10.5. The highest BCUT2D eigenvalue weighted by Gasteiger charge is 2.43. The molecule has 1 aliphatic carbocycles. The number of fused-ring (bicyclic) bond motifs is 3. The maximum atomic E-state index is 14.2. The van der Waals surface area contributed by atoms with Crippen LogP contribution in [-0.4, -0.2) is 29.3 Å². The van der Waals surface area contributed by atoms with Crippen molar-refractivity contribution >= 4 is 10.8 Å².